The summed E-state index contributed by atoms with van der Waals surface area (Å²) in [6, 6.07) is 10.6. The molecule has 7 nitrogen and oxygen atoms in total. The number of carbonyl (C=O) groups excluding carboxylic acids is 1. The highest BCUT2D eigenvalue weighted by Crippen LogP contribution is 2.36. The average Bonchev–Trinajstić information content (AvgIpc) is 3.49. The van der Waals surface area contributed by atoms with Gasteiger partial charge in [0, 0.05) is 37.2 Å². The lowest BCUT2D eigenvalue weighted by molar-refractivity contribution is 0.0609. The van der Waals surface area contributed by atoms with Gasteiger partial charge in [0.2, 0.25) is 0 Å². The summed E-state index contributed by atoms with van der Waals surface area (Å²) in [5.41, 5.74) is 2.68. The van der Waals surface area contributed by atoms with Crippen molar-refractivity contribution in [2.24, 2.45) is 0 Å². The number of nitrogens with zero attached hydrogens (tertiary/aromatic N) is 5. The number of pyridine rings is 1. The molecule has 0 bridgehead atoms. The van der Waals surface area contributed by atoms with Crippen LogP contribution in [0.15, 0.2) is 55.2 Å². The Balaban J connectivity index is 1.32. The lowest BCUT2D eigenvalue weighted by atomic mass is 9.96. The zero-order valence-electron chi connectivity index (χ0n) is 16.0. The molecule has 0 aromatic carbocycles. The van der Waals surface area contributed by atoms with Crippen LogP contribution in [-0.2, 0) is 0 Å². The molecule has 2 atom stereocenters. The number of hydrogen-bond acceptors (Lipinski definition) is 4. The number of aromatic amines is 1. The van der Waals surface area contributed by atoms with Crippen molar-refractivity contribution in [3.63, 3.8) is 0 Å². The third-order valence-electron chi connectivity index (χ3n) is 6.43. The number of likely N-dealkylation sites (tertiary alicyclic amines) is 1. The SMILES string of the molecule is O=C(c1cc2ccccn2c1)N1CCC[C@@H]2[C@H]1CCN2c1ncnc2[nH]ccc12. The van der Waals surface area contributed by atoms with Crippen molar-refractivity contribution >= 4 is 28.3 Å². The molecule has 0 saturated carbocycles. The summed E-state index contributed by atoms with van der Waals surface area (Å²) >= 11 is 0. The molecule has 6 heterocycles. The number of anilines is 1. The van der Waals surface area contributed by atoms with Gasteiger partial charge in [0.15, 0.2) is 0 Å². The van der Waals surface area contributed by atoms with E-state index in [1.54, 1.807) is 6.33 Å². The summed E-state index contributed by atoms with van der Waals surface area (Å²) in [6.45, 7) is 1.73. The van der Waals surface area contributed by atoms with E-state index in [9.17, 15) is 4.79 Å². The fraction of sp³-hybridized carbons (Fsp3) is 0.318. The molecule has 1 N–H and O–H groups in total. The van der Waals surface area contributed by atoms with Crippen LogP contribution in [0.3, 0.4) is 0 Å². The maximum atomic E-state index is 13.4. The minimum atomic E-state index is 0.139. The summed E-state index contributed by atoms with van der Waals surface area (Å²) in [4.78, 5) is 30.0. The number of fused-ring (bicyclic) bond motifs is 3. The summed E-state index contributed by atoms with van der Waals surface area (Å²) in [5.74, 6) is 1.12. The Bertz CT molecular complexity index is 1180. The molecule has 0 unspecified atom stereocenters. The Labute approximate surface area is 168 Å². The van der Waals surface area contributed by atoms with Gasteiger partial charge in [-0.2, -0.15) is 0 Å². The molecule has 29 heavy (non-hydrogen) atoms. The molecule has 7 heteroatoms. The Morgan fingerprint density at radius 3 is 3.00 bits per heavy atom. The summed E-state index contributed by atoms with van der Waals surface area (Å²) in [5, 5.41) is 1.05. The molecular weight excluding hydrogens is 364 g/mol. The molecule has 2 fully saturated rings. The Morgan fingerprint density at radius 2 is 2.07 bits per heavy atom. The summed E-state index contributed by atoms with van der Waals surface area (Å²) in [7, 11) is 0. The zero-order chi connectivity index (χ0) is 19.4. The predicted molar refractivity (Wildman–Crippen MR) is 111 cm³/mol. The highest BCUT2D eigenvalue weighted by atomic mass is 16.2. The highest BCUT2D eigenvalue weighted by molar-refractivity contribution is 5.96. The molecule has 4 aromatic heterocycles. The summed E-state index contributed by atoms with van der Waals surface area (Å²) in [6.07, 6.45) is 10.5. The van der Waals surface area contributed by atoms with Gasteiger partial charge in [-0.3, -0.25) is 4.79 Å². The highest BCUT2D eigenvalue weighted by Gasteiger charge is 2.43. The van der Waals surface area contributed by atoms with Gasteiger partial charge in [-0.1, -0.05) is 6.07 Å². The van der Waals surface area contributed by atoms with Crippen LogP contribution in [-0.4, -0.2) is 55.3 Å². The van der Waals surface area contributed by atoms with Crippen LogP contribution in [0.4, 0.5) is 5.82 Å². The van der Waals surface area contributed by atoms with Gasteiger partial charge in [0.1, 0.15) is 17.8 Å². The standard InChI is InChI=1S/C22H22N6O/c29-22(15-12-16-4-1-2-9-26(16)13-15)28-10-3-5-18-19(28)7-11-27(18)21-17-6-8-23-20(17)24-14-25-21/h1-2,4,6,8-9,12-14,18-19H,3,5,7,10-11H2,(H,23,24,25)/t18-,19-/m1/s1. The zero-order valence-corrected chi connectivity index (χ0v) is 16.0. The molecule has 0 aliphatic carbocycles. The quantitative estimate of drug-likeness (QED) is 0.575. The fourth-order valence-electron chi connectivity index (χ4n) is 5.13. The van der Waals surface area contributed by atoms with Gasteiger partial charge >= 0.3 is 0 Å². The third-order valence-corrected chi connectivity index (χ3v) is 6.43. The number of carbonyl (C=O) groups is 1. The fourth-order valence-corrected chi connectivity index (χ4v) is 5.13. The molecule has 0 radical (unpaired) electrons. The Kier molecular flexibility index (Phi) is 3.62. The third kappa shape index (κ3) is 2.53. The minimum Gasteiger partial charge on any atom is -0.351 e. The van der Waals surface area contributed by atoms with Crippen molar-refractivity contribution in [2.75, 3.05) is 18.0 Å². The van der Waals surface area contributed by atoms with Crippen molar-refractivity contribution in [1.29, 1.82) is 0 Å². The van der Waals surface area contributed by atoms with Crippen LogP contribution in [0.5, 0.6) is 0 Å². The van der Waals surface area contributed by atoms with Gasteiger partial charge < -0.3 is 19.2 Å². The van der Waals surface area contributed by atoms with Crippen LogP contribution in [0.2, 0.25) is 0 Å². The normalized spacial score (nSPS) is 21.8. The lowest BCUT2D eigenvalue weighted by Gasteiger charge is -2.40. The van der Waals surface area contributed by atoms with E-state index in [1.165, 1.54) is 0 Å². The number of piperidine rings is 1. The number of nitrogens with one attached hydrogen (secondary N) is 1. The van der Waals surface area contributed by atoms with Gasteiger partial charge in [-0.25, -0.2) is 9.97 Å². The molecule has 2 saturated heterocycles. The van der Waals surface area contributed by atoms with Crippen LogP contribution in [0, 0.1) is 0 Å². The van der Waals surface area contributed by atoms with E-state index in [0.717, 1.165) is 60.3 Å². The number of hydrogen-bond donors (Lipinski definition) is 1. The molecule has 0 spiro atoms. The first-order valence-corrected chi connectivity index (χ1v) is 10.2. The minimum absolute atomic E-state index is 0.139. The van der Waals surface area contributed by atoms with Crippen LogP contribution < -0.4 is 4.90 Å². The van der Waals surface area contributed by atoms with Crippen molar-refractivity contribution in [1.82, 2.24) is 24.3 Å². The topological polar surface area (TPSA) is 69.5 Å². The van der Waals surface area contributed by atoms with E-state index >= 15 is 0 Å². The first kappa shape index (κ1) is 16.6. The molecule has 2 aliphatic rings. The molecule has 146 valence electrons. The van der Waals surface area contributed by atoms with E-state index in [2.05, 4.69) is 24.8 Å². The van der Waals surface area contributed by atoms with Gasteiger partial charge in [0.25, 0.3) is 5.91 Å². The van der Waals surface area contributed by atoms with Gasteiger partial charge in [-0.15, -0.1) is 0 Å². The molecular formula is C22H22N6O. The first-order chi connectivity index (χ1) is 14.3. The van der Waals surface area contributed by atoms with E-state index in [4.69, 9.17) is 0 Å². The van der Waals surface area contributed by atoms with Crippen LogP contribution >= 0.6 is 0 Å². The maximum Gasteiger partial charge on any atom is 0.255 e. The molecule has 1 amide bonds. The average molecular weight is 386 g/mol. The molecule has 6 rings (SSSR count). The molecule has 4 aromatic rings. The maximum absolute atomic E-state index is 13.4. The van der Waals surface area contributed by atoms with Crippen LogP contribution in [0.1, 0.15) is 29.6 Å². The second kappa shape index (κ2) is 6.34. The smallest absolute Gasteiger partial charge is 0.255 e. The number of H-pyrrole nitrogens is 1. The van der Waals surface area contributed by atoms with Crippen LogP contribution in [0.25, 0.3) is 16.6 Å². The number of aromatic nitrogens is 4. The lowest BCUT2D eigenvalue weighted by Crippen LogP contribution is -2.52. The molecule has 2 aliphatic heterocycles. The number of amides is 1. The van der Waals surface area contributed by atoms with E-state index in [-0.39, 0.29) is 11.9 Å². The summed E-state index contributed by atoms with van der Waals surface area (Å²) < 4.78 is 2.01. The Hall–Kier alpha value is -3.35. The van der Waals surface area contributed by atoms with E-state index < -0.39 is 0 Å². The van der Waals surface area contributed by atoms with Gasteiger partial charge in [0.05, 0.1) is 23.0 Å². The first-order valence-electron chi connectivity index (χ1n) is 10.2. The van der Waals surface area contributed by atoms with Gasteiger partial charge in [-0.05, 0) is 43.5 Å². The van der Waals surface area contributed by atoms with Crippen molar-refractivity contribution in [3.05, 3.63) is 60.8 Å². The van der Waals surface area contributed by atoms with Crippen molar-refractivity contribution in [2.45, 2.75) is 31.3 Å². The van der Waals surface area contributed by atoms with E-state index in [1.807, 2.05) is 53.3 Å². The largest absolute Gasteiger partial charge is 0.351 e. The van der Waals surface area contributed by atoms with E-state index in [0.29, 0.717) is 6.04 Å². The second-order valence-electron chi connectivity index (χ2n) is 7.96. The van der Waals surface area contributed by atoms with Crippen molar-refractivity contribution < 1.29 is 4.79 Å². The monoisotopic (exact) mass is 386 g/mol. The number of rotatable bonds is 2. The predicted octanol–water partition coefficient (Wildman–Crippen LogP) is 3.09. The second-order valence-corrected chi connectivity index (χ2v) is 7.96. The van der Waals surface area contributed by atoms with Crippen molar-refractivity contribution in [3.8, 4) is 0 Å². The Morgan fingerprint density at radius 1 is 1.10 bits per heavy atom.